The summed E-state index contributed by atoms with van der Waals surface area (Å²) in [7, 11) is 1.31. The summed E-state index contributed by atoms with van der Waals surface area (Å²) in [4.78, 5) is 26.5. The average molecular weight is 362 g/mol. The first-order valence-corrected chi connectivity index (χ1v) is 8.89. The lowest BCUT2D eigenvalue weighted by Crippen LogP contribution is -2.34. The molecule has 5 nitrogen and oxygen atoms in total. The van der Waals surface area contributed by atoms with Gasteiger partial charge in [-0.15, -0.1) is 11.3 Å². The van der Waals surface area contributed by atoms with E-state index < -0.39 is 5.97 Å². The zero-order chi connectivity index (χ0) is 17.8. The van der Waals surface area contributed by atoms with Crippen LogP contribution in [0.25, 0.3) is 0 Å². The molecule has 2 aromatic rings. The van der Waals surface area contributed by atoms with Crippen LogP contribution < -0.4 is 5.32 Å². The molecular weight excluding hydrogens is 343 g/mol. The number of ether oxygens (including phenoxy) is 1. The van der Waals surface area contributed by atoms with Crippen molar-refractivity contribution in [2.45, 2.75) is 25.4 Å². The third-order valence-corrected chi connectivity index (χ3v) is 4.91. The van der Waals surface area contributed by atoms with Gasteiger partial charge in [-0.25, -0.2) is 9.18 Å². The van der Waals surface area contributed by atoms with E-state index in [0.717, 1.165) is 18.4 Å². The predicted molar refractivity (Wildman–Crippen MR) is 94.1 cm³/mol. The molecule has 1 heterocycles. The third kappa shape index (κ3) is 4.64. The third-order valence-electron chi connectivity index (χ3n) is 4.02. The average Bonchev–Trinajstić information content (AvgIpc) is 3.35. The second kappa shape index (κ2) is 7.76. The maximum atomic E-state index is 13.0. The Morgan fingerprint density at radius 1 is 1.28 bits per heavy atom. The molecule has 1 N–H and O–H groups in total. The van der Waals surface area contributed by atoms with Crippen LogP contribution in [-0.4, -0.2) is 36.5 Å². The van der Waals surface area contributed by atoms with E-state index in [1.54, 1.807) is 23.6 Å². The van der Waals surface area contributed by atoms with E-state index in [2.05, 4.69) is 10.2 Å². The van der Waals surface area contributed by atoms with E-state index in [-0.39, 0.29) is 18.3 Å². The Morgan fingerprint density at radius 2 is 2.00 bits per heavy atom. The first-order valence-electron chi connectivity index (χ1n) is 8.01. The van der Waals surface area contributed by atoms with E-state index in [0.29, 0.717) is 23.2 Å². The van der Waals surface area contributed by atoms with Gasteiger partial charge >= 0.3 is 5.97 Å². The van der Waals surface area contributed by atoms with Crippen LogP contribution in [0.1, 0.15) is 28.1 Å². The summed E-state index contributed by atoms with van der Waals surface area (Å²) in [6.45, 7) is 0.810. The molecule has 3 rings (SSSR count). The van der Waals surface area contributed by atoms with Gasteiger partial charge in [-0.1, -0.05) is 12.1 Å². The minimum absolute atomic E-state index is 0.183. The molecule has 1 fully saturated rings. The Balaban J connectivity index is 1.62. The van der Waals surface area contributed by atoms with Gasteiger partial charge < -0.3 is 10.1 Å². The molecule has 0 atom stereocenters. The van der Waals surface area contributed by atoms with Gasteiger partial charge in [0.2, 0.25) is 5.91 Å². The second-order valence-corrected chi connectivity index (χ2v) is 6.88. The van der Waals surface area contributed by atoms with Gasteiger partial charge in [0.15, 0.2) is 0 Å². The zero-order valence-electron chi connectivity index (χ0n) is 13.8. The monoisotopic (exact) mass is 362 g/mol. The summed E-state index contributed by atoms with van der Waals surface area (Å²) in [6.07, 6.45) is 2.11. The summed E-state index contributed by atoms with van der Waals surface area (Å²) >= 11 is 1.23. The van der Waals surface area contributed by atoms with E-state index in [4.69, 9.17) is 4.74 Å². The molecule has 1 amide bonds. The van der Waals surface area contributed by atoms with E-state index in [1.807, 2.05) is 0 Å². The molecule has 1 aliphatic carbocycles. The number of carbonyl (C=O) groups excluding carboxylic acids is 2. The van der Waals surface area contributed by atoms with Gasteiger partial charge in [0.05, 0.1) is 19.3 Å². The number of thiophene rings is 1. The van der Waals surface area contributed by atoms with Crippen molar-refractivity contribution >= 4 is 28.9 Å². The van der Waals surface area contributed by atoms with Gasteiger partial charge in [-0.05, 0) is 42.0 Å². The van der Waals surface area contributed by atoms with Crippen molar-refractivity contribution in [1.82, 2.24) is 4.90 Å². The number of carbonyl (C=O) groups is 2. The molecule has 0 unspecified atom stereocenters. The fraction of sp³-hybridized carbons (Fsp3) is 0.333. The lowest BCUT2D eigenvalue weighted by atomic mass is 10.2. The first-order chi connectivity index (χ1) is 12.1. The minimum Gasteiger partial charge on any atom is -0.465 e. The molecule has 132 valence electrons. The molecular formula is C18H19FN2O3S. The standard InChI is InChI=1S/C18H19FN2O3S/c1-24-18(23)17-15(8-9-25-17)20-16(22)11-21(14-6-7-14)10-12-2-4-13(19)5-3-12/h2-5,8-9,14H,6-7,10-11H2,1H3,(H,20,22). The van der Waals surface area contributed by atoms with Gasteiger partial charge in [0.25, 0.3) is 0 Å². The Morgan fingerprint density at radius 3 is 2.64 bits per heavy atom. The number of hydrogen-bond donors (Lipinski definition) is 1. The maximum absolute atomic E-state index is 13.0. The molecule has 1 aliphatic rings. The van der Waals surface area contributed by atoms with Crippen LogP contribution in [0.3, 0.4) is 0 Å². The highest BCUT2D eigenvalue weighted by molar-refractivity contribution is 7.12. The molecule has 0 aliphatic heterocycles. The number of nitrogens with one attached hydrogen (secondary N) is 1. The van der Waals surface area contributed by atoms with E-state index in [9.17, 15) is 14.0 Å². The van der Waals surface area contributed by atoms with Gasteiger partial charge in [-0.2, -0.15) is 0 Å². The van der Waals surface area contributed by atoms with Crippen LogP contribution in [0.4, 0.5) is 10.1 Å². The number of benzene rings is 1. The molecule has 0 radical (unpaired) electrons. The van der Waals surface area contributed by atoms with E-state index >= 15 is 0 Å². The van der Waals surface area contributed by atoms with Crippen LogP contribution >= 0.6 is 11.3 Å². The second-order valence-electron chi connectivity index (χ2n) is 5.97. The summed E-state index contributed by atoms with van der Waals surface area (Å²) in [5, 5.41) is 4.52. The number of amides is 1. The largest absolute Gasteiger partial charge is 0.465 e. The summed E-state index contributed by atoms with van der Waals surface area (Å²) < 4.78 is 17.7. The molecule has 1 saturated carbocycles. The summed E-state index contributed by atoms with van der Waals surface area (Å²) in [6, 6.07) is 8.38. The van der Waals surface area contributed by atoms with Gasteiger partial charge in [0.1, 0.15) is 10.7 Å². The number of nitrogens with zero attached hydrogens (tertiary/aromatic N) is 1. The Labute approximate surface area is 149 Å². The molecule has 0 saturated heterocycles. The van der Waals surface area contributed by atoms with Crippen molar-refractivity contribution in [2.75, 3.05) is 19.0 Å². The topological polar surface area (TPSA) is 58.6 Å². The normalized spacial score (nSPS) is 13.7. The molecule has 0 spiro atoms. The van der Waals surface area contributed by atoms with Crippen LogP contribution in [-0.2, 0) is 16.1 Å². The molecule has 7 heteroatoms. The minimum atomic E-state index is -0.462. The van der Waals surface area contributed by atoms with Crippen molar-refractivity contribution in [2.24, 2.45) is 0 Å². The van der Waals surface area contributed by atoms with Crippen LogP contribution in [0, 0.1) is 5.82 Å². The maximum Gasteiger partial charge on any atom is 0.350 e. The van der Waals surface area contributed by atoms with Crippen molar-refractivity contribution < 1.29 is 18.7 Å². The smallest absolute Gasteiger partial charge is 0.350 e. The Kier molecular flexibility index (Phi) is 5.45. The fourth-order valence-corrected chi connectivity index (χ4v) is 3.38. The number of rotatable bonds is 7. The van der Waals surface area contributed by atoms with Crippen molar-refractivity contribution in [1.29, 1.82) is 0 Å². The molecule has 1 aromatic heterocycles. The van der Waals surface area contributed by atoms with Crippen molar-refractivity contribution in [3.8, 4) is 0 Å². The zero-order valence-corrected chi connectivity index (χ0v) is 14.6. The number of anilines is 1. The molecule has 0 bridgehead atoms. The van der Waals surface area contributed by atoms with Crippen LogP contribution in [0.15, 0.2) is 35.7 Å². The van der Waals surface area contributed by atoms with Gasteiger partial charge in [-0.3, -0.25) is 9.69 Å². The lowest BCUT2D eigenvalue weighted by Gasteiger charge is -2.21. The fourth-order valence-electron chi connectivity index (χ4n) is 2.61. The van der Waals surface area contributed by atoms with Crippen molar-refractivity contribution in [3.63, 3.8) is 0 Å². The number of hydrogen-bond acceptors (Lipinski definition) is 5. The molecule has 1 aromatic carbocycles. The summed E-state index contributed by atoms with van der Waals surface area (Å²) in [5.41, 5.74) is 1.44. The predicted octanol–water partition coefficient (Wildman–Crippen LogP) is 3.28. The molecule has 25 heavy (non-hydrogen) atoms. The van der Waals surface area contributed by atoms with Crippen LogP contribution in [0.2, 0.25) is 0 Å². The highest BCUT2D eigenvalue weighted by Crippen LogP contribution is 2.29. The first kappa shape index (κ1) is 17.6. The van der Waals surface area contributed by atoms with Crippen LogP contribution in [0.5, 0.6) is 0 Å². The van der Waals surface area contributed by atoms with Crippen molar-refractivity contribution in [3.05, 3.63) is 52.0 Å². The highest BCUT2D eigenvalue weighted by atomic mass is 32.1. The van der Waals surface area contributed by atoms with E-state index in [1.165, 1.54) is 30.6 Å². The summed E-state index contributed by atoms with van der Waals surface area (Å²) in [5.74, 6) is -0.916. The Hall–Kier alpha value is -2.25. The quantitative estimate of drug-likeness (QED) is 0.768. The lowest BCUT2D eigenvalue weighted by molar-refractivity contribution is -0.117. The Bertz CT molecular complexity index is 756. The number of esters is 1. The van der Waals surface area contributed by atoms with Gasteiger partial charge in [0, 0.05) is 12.6 Å². The SMILES string of the molecule is COC(=O)c1sccc1NC(=O)CN(Cc1ccc(F)cc1)C1CC1. The number of halogens is 1. The highest BCUT2D eigenvalue weighted by Gasteiger charge is 2.30. The number of methoxy groups -OCH3 is 1.